The van der Waals surface area contributed by atoms with Gasteiger partial charge in [-0.05, 0) is 26.4 Å². The lowest BCUT2D eigenvalue weighted by Crippen LogP contribution is -2.46. The quantitative estimate of drug-likeness (QED) is 0.689. The minimum absolute atomic E-state index is 0.276. The number of carbonyl (C=O) groups is 1. The summed E-state index contributed by atoms with van der Waals surface area (Å²) in [5, 5.41) is 12.1. The van der Waals surface area contributed by atoms with Crippen molar-refractivity contribution in [3.63, 3.8) is 0 Å². The summed E-state index contributed by atoms with van der Waals surface area (Å²) >= 11 is 0. The van der Waals surface area contributed by atoms with Crippen LogP contribution in [0.2, 0.25) is 0 Å². The molecule has 0 aliphatic carbocycles. The first kappa shape index (κ1) is 11.5. The summed E-state index contributed by atoms with van der Waals surface area (Å²) in [7, 11) is 2.01. The highest BCUT2D eigenvalue weighted by Crippen LogP contribution is 2.10. The van der Waals surface area contributed by atoms with Crippen LogP contribution in [0.5, 0.6) is 0 Å². The molecule has 1 aliphatic heterocycles. The number of aliphatic carboxylic acids is 1. The number of carboxylic acids is 1. The van der Waals surface area contributed by atoms with E-state index in [0.717, 1.165) is 13.1 Å². The molecule has 1 aliphatic rings. The largest absolute Gasteiger partial charge is 0.481 e. The molecule has 14 heavy (non-hydrogen) atoms. The zero-order valence-electron chi connectivity index (χ0n) is 8.99. The minimum Gasteiger partial charge on any atom is -0.481 e. The number of carboxylic acid groups (broad SMARTS) is 1. The molecule has 0 radical (unpaired) electrons. The molecule has 1 rings (SSSR count). The summed E-state index contributed by atoms with van der Waals surface area (Å²) in [6, 6.07) is 0.505. The Balaban J connectivity index is 2.32. The summed E-state index contributed by atoms with van der Waals surface area (Å²) in [6.45, 7) is 4.48. The van der Waals surface area contributed by atoms with Crippen molar-refractivity contribution >= 4 is 5.97 Å². The van der Waals surface area contributed by atoms with Crippen LogP contribution in [0.4, 0.5) is 0 Å². The van der Waals surface area contributed by atoms with E-state index in [4.69, 9.17) is 5.11 Å². The summed E-state index contributed by atoms with van der Waals surface area (Å²) in [4.78, 5) is 12.8. The lowest BCUT2D eigenvalue weighted by atomic mass is 10.0. The van der Waals surface area contributed by atoms with Gasteiger partial charge in [-0.1, -0.05) is 6.92 Å². The molecule has 0 amide bonds. The number of nitrogens with one attached hydrogen (secondary N) is 1. The van der Waals surface area contributed by atoms with E-state index in [1.807, 2.05) is 7.05 Å². The lowest BCUT2D eigenvalue weighted by molar-refractivity contribution is -0.141. The first-order chi connectivity index (χ1) is 6.61. The van der Waals surface area contributed by atoms with Crippen LogP contribution in [0, 0.1) is 5.92 Å². The number of hydrogen-bond acceptors (Lipinski definition) is 3. The molecule has 1 fully saturated rings. The van der Waals surface area contributed by atoms with Gasteiger partial charge in [-0.25, -0.2) is 0 Å². The molecule has 1 heterocycles. The van der Waals surface area contributed by atoms with Gasteiger partial charge in [-0.3, -0.25) is 4.79 Å². The van der Waals surface area contributed by atoms with Crippen molar-refractivity contribution in [2.24, 2.45) is 5.92 Å². The molecule has 2 N–H and O–H groups in total. The average Bonchev–Trinajstić information content (AvgIpc) is 2.19. The van der Waals surface area contributed by atoms with Crippen LogP contribution in [0.3, 0.4) is 0 Å². The predicted molar refractivity (Wildman–Crippen MR) is 55.3 cm³/mol. The summed E-state index contributed by atoms with van der Waals surface area (Å²) in [6.07, 6.45) is 2.37. The van der Waals surface area contributed by atoms with Crippen molar-refractivity contribution < 1.29 is 9.90 Å². The molecule has 4 nitrogen and oxygen atoms in total. The van der Waals surface area contributed by atoms with E-state index in [-0.39, 0.29) is 5.92 Å². The molecular formula is C10H20N2O2. The maximum absolute atomic E-state index is 10.7. The number of rotatable bonds is 4. The standard InChI is InChI=1S/C10H20N2O2/c1-8(10(13)14)7-12(2)9-4-3-5-11-6-9/h8-9,11H,3-7H2,1-2H3,(H,13,14). The van der Waals surface area contributed by atoms with Crippen molar-refractivity contribution in [2.45, 2.75) is 25.8 Å². The molecular weight excluding hydrogens is 180 g/mol. The highest BCUT2D eigenvalue weighted by atomic mass is 16.4. The molecule has 82 valence electrons. The summed E-state index contributed by atoms with van der Waals surface area (Å²) < 4.78 is 0. The second kappa shape index (κ2) is 5.32. The molecule has 4 heteroatoms. The monoisotopic (exact) mass is 200 g/mol. The Labute approximate surface area is 85.3 Å². The zero-order valence-corrected chi connectivity index (χ0v) is 8.99. The smallest absolute Gasteiger partial charge is 0.307 e. The normalized spacial score (nSPS) is 24.9. The molecule has 0 aromatic rings. The minimum atomic E-state index is -0.708. The molecule has 0 saturated carbocycles. The Morgan fingerprint density at radius 1 is 1.71 bits per heavy atom. The van der Waals surface area contributed by atoms with Crippen LogP contribution in [-0.2, 0) is 4.79 Å². The van der Waals surface area contributed by atoms with Crippen molar-refractivity contribution in [3.8, 4) is 0 Å². The van der Waals surface area contributed by atoms with Crippen LogP contribution in [0.1, 0.15) is 19.8 Å². The molecule has 0 aromatic heterocycles. The lowest BCUT2D eigenvalue weighted by Gasteiger charge is -2.32. The van der Waals surface area contributed by atoms with Gasteiger partial charge in [0, 0.05) is 19.1 Å². The zero-order chi connectivity index (χ0) is 10.6. The van der Waals surface area contributed by atoms with Crippen LogP contribution in [0.15, 0.2) is 0 Å². The molecule has 0 aromatic carbocycles. The number of piperidine rings is 1. The fourth-order valence-electron chi connectivity index (χ4n) is 1.87. The molecule has 1 saturated heterocycles. The van der Waals surface area contributed by atoms with Crippen LogP contribution < -0.4 is 5.32 Å². The van der Waals surface area contributed by atoms with Gasteiger partial charge >= 0.3 is 5.97 Å². The van der Waals surface area contributed by atoms with Gasteiger partial charge in [0.1, 0.15) is 0 Å². The third-order valence-corrected chi connectivity index (χ3v) is 2.88. The summed E-state index contributed by atoms with van der Waals surface area (Å²) in [5.74, 6) is -0.984. The first-order valence-electron chi connectivity index (χ1n) is 5.25. The van der Waals surface area contributed by atoms with Crippen molar-refractivity contribution in [2.75, 3.05) is 26.7 Å². The van der Waals surface area contributed by atoms with Gasteiger partial charge in [0.15, 0.2) is 0 Å². The number of likely N-dealkylation sites (N-methyl/N-ethyl adjacent to an activating group) is 1. The average molecular weight is 200 g/mol. The summed E-state index contributed by atoms with van der Waals surface area (Å²) in [5.41, 5.74) is 0. The van der Waals surface area contributed by atoms with E-state index in [1.54, 1.807) is 6.92 Å². The molecule has 2 unspecified atom stereocenters. The molecule has 2 atom stereocenters. The second-order valence-electron chi connectivity index (χ2n) is 4.18. The fraction of sp³-hybridized carbons (Fsp3) is 0.900. The van der Waals surface area contributed by atoms with Gasteiger partial charge in [-0.15, -0.1) is 0 Å². The Kier molecular flexibility index (Phi) is 4.35. The Bertz CT molecular complexity index is 191. The number of hydrogen-bond donors (Lipinski definition) is 2. The van der Waals surface area contributed by atoms with E-state index in [2.05, 4.69) is 10.2 Å². The van der Waals surface area contributed by atoms with E-state index < -0.39 is 5.97 Å². The molecule has 0 spiro atoms. The van der Waals surface area contributed by atoms with Gasteiger partial charge in [0.2, 0.25) is 0 Å². The topological polar surface area (TPSA) is 52.6 Å². The maximum Gasteiger partial charge on any atom is 0.307 e. The maximum atomic E-state index is 10.7. The van der Waals surface area contributed by atoms with E-state index >= 15 is 0 Å². The van der Waals surface area contributed by atoms with Gasteiger partial charge < -0.3 is 15.3 Å². The van der Waals surface area contributed by atoms with Crippen LogP contribution in [0.25, 0.3) is 0 Å². The van der Waals surface area contributed by atoms with E-state index in [0.29, 0.717) is 12.6 Å². The van der Waals surface area contributed by atoms with E-state index in [9.17, 15) is 4.79 Å². The second-order valence-corrected chi connectivity index (χ2v) is 4.18. The predicted octanol–water partition coefficient (Wildman–Crippen LogP) is 0.391. The van der Waals surface area contributed by atoms with Gasteiger partial charge in [0.05, 0.1) is 5.92 Å². The van der Waals surface area contributed by atoms with Crippen molar-refractivity contribution in [1.29, 1.82) is 0 Å². The van der Waals surface area contributed by atoms with Crippen molar-refractivity contribution in [1.82, 2.24) is 10.2 Å². The molecule has 0 bridgehead atoms. The first-order valence-corrected chi connectivity index (χ1v) is 5.25. The SMILES string of the molecule is CC(CN(C)C1CCCNC1)C(=O)O. The fourth-order valence-corrected chi connectivity index (χ4v) is 1.87. The van der Waals surface area contributed by atoms with Gasteiger partial charge in [0.25, 0.3) is 0 Å². The van der Waals surface area contributed by atoms with E-state index in [1.165, 1.54) is 12.8 Å². The Hall–Kier alpha value is -0.610. The van der Waals surface area contributed by atoms with Crippen molar-refractivity contribution in [3.05, 3.63) is 0 Å². The third kappa shape index (κ3) is 3.27. The van der Waals surface area contributed by atoms with Crippen LogP contribution in [-0.4, -0.2) is 48.7 Å². The third-order valence-electron chi connectivity index (χ3n) is 2.88. The highest BCUT2D eigenvalue weighted by molar-refractivity contribution is 5.69. The Morgan fingerprint density at radius 2 is 2.43 bits per heavy atom. The Morgan fingerprint density at radius 3 is 2.93 bits per heavy atom. The van der Waals surface area contributed by atoms with Crippen LogP contribution >= 0.6 is 0 Å². The highest BCUT2D eigenvalue weighted by Gasteiger charge is 2.21. The number of nitrogens with zero attached hydrogens (tertiary/aromatic N) is 1. The van der Waals surface area contributed by atoms with Gasteiger partial charge in [-0.2, -0.15) is 0 Å².